The van der Waals surface area contributed by atoms with Crippen molar-refractivity contribution in [2.24, 2.45) is 5.41 Å². The quantitative estimate of drug-likeness (QED) is 0.602. The standard InChI is InChI=1S/C9H10O4.C3H7.C2H5.ClH.Mg/c1-9(8(12)13)4-2-3-6(5-9)7(10)11;1-3-2;1-2;;/h2-4H,5H2,1H3,(H,10,11)(H,12,13);1,3H2,2H3;1H2,2H3;1H;. The zero-order valence-electron chi connectivity index (χ0n) is 12.4. The molecule has 6 heteroatoms. The first kappa shape index (κ1) is 21.8. The normalized spacial score (nSPS) is 19.6. The van der Waals surface area contributed by atoms with E-state index < -0.39 is 17.4 Å². The minimum atomic E-state index is -1.08. The van der Waals surface area contributed by atoms with Crippen LogP contribution in [-0.2, 0) is 9.59 Å². The van der Waals surface area contributed by atoms with E-state index in [0.29, 0.717) is 20.4 Å². The van der Waals surface area contributed by atoms with Crippen LogP contribution in [0.1, 0.15) is 33.6 Å². The van der Waals surface area contributed by atoms with Gasteiger partial charge in [0.05, 0.1) is 5.41 Å². The molecule has 112 valence electrons. The molecule has 0 radical (unpaired) electrons. The number of aliphatic carboxylic acids is 2. The van der Waals surface area contributed by atoms with Crippen molar-refractivity contribution in [3.63, 3.8) is 0 Å². The Morgan fingerprint density at radius 2 is 1.95 bits per heavy atom. The van der Waals surface area contributed by atoms with Gasteiger partial charge in [0.25, 0.3) is 0 Å². The molecule has 0 aromatic heterocycles. The van der Waals surface area contributed by atoms with Crippen molar-refractivity contribution in [2.75, 3.05) is 0 Å². The van der Waals surface area contributed by atoms with Gasteiger partial charge in [0.2, 0.25) is 0 Å². The average molecular weight is 315 g/mol. The lowest BCUT2D eigenvalue weighted by molar-refractivity contribution is -0.145. The van der Waals surface area contributed by atoms with Crippen molar-refractivity contribution in [3.8, 4) is 0 Å². The highest BCUT2D eigenvalue weighted by atomic mass is 35.5. The van der Waals surface area contributed by atoms with Crippen molar-refractivity contribution in [2.45, 2.75) is 42.7 Å². The monoisotopic (exact) mass is 314 g/mol. The Labute approximate surface area is 136 Å². The number of allylic oxidation sites excluding steroid dienone is 2. The van der Waals surface area contributed by atoms with Crippen LogP contribution in [0.25, 0.3) is 0 Å². The maximum Gasteiger partial charge on any atom is 0.363 e. The SMILES string of the molecule is CC1(C(=O)O)C=CC=C(C(=O)O)C1.CC[CH2][Mg][CH2]C.Cl. The van der Waals surface area contributed by atoms with E-state index in [9.17, 15) is 9.59 Å². The van der Waals surface area contributed by atoms with Crippen LogP contribution in [0.3, 0.4) is 0 Å². The maximum absolute atomic E-state index is 10.8. The summed E-state index contributed by atoms with van der Waals surface area (Å²) >= 11 is 0.422. The lowest BCUT2D eigenvalue weighted by Crippen LogP contribution is -2.28. The molecule has 0 fully saturated rings. The second-order valence-electron chi connectivity index (χ2n) is 4.96. The molecule has 1 aliphatic carbocycles. The molecule has 0 saturated carbocycles. The van der Waals surface area contributed by atoms with E-state index >= 15 is 0 Å². The van der Waals surface area contributed by atoms with Crippen molar-refractivity contribution >= 4 is 44.7 Å². The van der Waals surface area contributed by atoms with Crippen LogP contribution in [0, 0.1) is 5.41 Å². The number of rotatable bonds is 5. The van der Waals surface area contributed by atoms with Gasteiger partial charge in [-0.1, -0.05) is 38.5 Å². The van der Waals surface area contributed by atoms with Crippen LogP contribution >= 0.6 is 12.4 Å². The molecule has 0 heterocycles. The number of hydrogen-bond acceptors (Lipinski definition) is 2. The molecule has 0 amide bonds. The predicted molar refractivity (Wildman–Crippen MR) is 83.8 cm³/mol. The van der Waals surface area contributed by atoms with Crippen LogP contribution in [0.5, 0.6) is 0 Å². The Bertz CT molecular complexity index is 375. The topological polar surface area (TPSA) is 74.6 Å². The number of carbonyl (C=O) groups is 2. The number of halogens is 1. The van der Waals surface area contributed by atoms with E-state index in [0.717, 1.165) is 0 Å². The number of hydrogen-bond donors (Lipinski definition) is 2. The molecule has 0 aliphatic heterocycles. The molecule has 2 N–H and O–H groups in total. The van der Waals surface area contributed by atoms with Gasteiger partial charge in [0.15, 0.2) is 0 Å². The van der Waals surface area contributed by atoms with E-state index in [1.807, 2.05) is 0 Å². The minimum absolute atomic E-state index is 0. The lowest BCUT2D eigenvalue weighted by atomic mass is 9.80. The van der Waals surface area contributed by atoms with Crippen LogP contribution in [0.15, 0.2) is 23.8 Å². The summed E-state index contributed by atoms with van der Waals surface area (Å²) in [6.07, 6.45) is 5.85. The summed E-state index contributed by atoms with van der Waals surface area (Å²) in [4.78, 5) is 21.3. The molecule has 0 saturated heterocycles. The minimum Gasteiger partial charge on any atom is -0.481 e. The first-order valence-electron chi connectivity index (χ1n) is 6.72. The highest BCUT2D eigenvalue weighted by molar-refractivity contribution is 6.35. The first-order chi connectivity index (χ1) is 8.87. The molecular weight excluding hydrogens is 292 g/mol. The van der Waals surface area contributed by atoms with Crippen LogP contribution in [0.2, 0.25) is 9.10 Å². The average Bonchev–Trinajstić information content (AvgIpc) is 2.37. The summed E-state index contributed by atoms with van der Waals surface area (Å²) in [6.45, 7) is 6.06. The Balaban J connectivity index is 0. The summed E-state index contributed by atoms with van der Waals surface area (Å²) in [5.41, 5.74) is -0.949. The van der Waals surface area contributed by atoms with Gasteiger partial charge in [-0.05, 0) is 13.3 Å². The van der Waals surface area contributed by atoms with Gasteiger partial charge in [-0.25, -0.2) is 4.79 Å². The van der Waals surface area contributed by atoms with Gasteiger partial charge in [0, 0.05) is 5.57 Å². The molecule has 4 nitrogen and oxygen atoms in total. The fraction of sp³-hybridized carbons (Fsp3) is 0.571. The Morgan fingerprint density at radius 3 is 2.30 bits per heavy atom. The van der Waals surface area contributed by atoms with Crippen molar-refractivity contribution in [3.05, 3.63) is 23.8 Å². The highest BCUT2D eigenvalue weighted by Crippen LogP contribution is 2.31. The van der Waals surface area contributed by atoms with E-state index in [1.165, 1.54) is 36.1 Å². The summed E-state index contributed by atoms with van der Waals surface area (Å²) in [5, 5.41) is 17.5. The Morgan fingerprint density at radius 1 is 1.35 bits per heavy atom. The van der Waals surface area contributed by atoms with E-state index in [-0.39, 0.29) is 24.4 Å². The smallest absolute Gasteiger partial charge is 0.363 e. The van der Waals surface area contributed by atoms with Crippen molar-refractivity contribution < 1.29 is 19.8 Å². The summed E-state index contributed by atoms with van der Waals surface area (Å²) in [5.74, 6) is -2.06. The third kappa shape index (κ3) is 7.92. The zero-order valence-corrected chi connectivity index (χ0v) is 14.6. The number of carboxylic acid groups (broad SMARTS) is 2. The molecule has 0 aromatic carbocycles. The van der Waals surface area contributed by atoms with Gasteiger partial charge in [-0.2, -0.15) is 0 Å². The molecule has 1 rings (SSSR count). The summed E-state index contributed by atoms with van der Waals surface area (Å²) < 4.78 is 3.05. The molecule has 0 spiro atoms. The van der Waals surface area contributed by atoms with Crippen LogP contribution in [-0.4, -0.2) is 42.5 Å². The van der Waals surface area contributed by atoms with Gasteiger partial charge < -0.3 is 10.2 Å². The second kappa shape index (κ2) is 11.2. The maximum atomic E-state index is 10.8. The highest BCUT2D eigenvalue weighted by Gasteiger charge is 2.34. The molecule has 20 heavy (non-hydrogen) atoms. The van der Waals surface area contributed by atoms with Crippen molar-refractivity contribution in [1.29, 1.82) is 0 Å². The van der Waals surface area contributed by atoms with Crippen molar-refractivity contribution in [1.82, 2.24) is 0 Å². The van der Waals surface area contributed by atoms with Crippen LogP contribution < -0.4 is 0 Å². The molecule has 1 unspecified atom stereocenters. The largest absolute Gasteiger partial charge is 0.481 e. The fourth-order valence-corrected chi connectivity index (χ4v) is 2.68. The molecule has 0 aromatic rings. The molecule has 0 bridgehead atoms. The second-order valence-corrected chi connectivity index (χ2v) is 7.38. The first-order valence-corrected chi connectivity index (χ1v) is 8.72. The lowest BCUT2D eigenvalue weighted by Gasteiger charge is -2.23. The zero-order chi connectivity index (χ0) is 14.9. The predicted octanol–water partition coefficient (Wildman–Crippen LogP) is 3.43. The Kier molecular flexibility index (Phi) is 12.2. The van der Waals surface area contributed by atoms with Gasteiger partial charge in [-0.15, -0.1) is 21.5 Å². The summed E-state index contributed by atoms with van der Waals surface area (Å²) in [7, 11) is 0. The number of carboxylic acids is 2. The Hall–Kier alpha value is -0.524. The van der Waals surface area contributed by atoms with Gasteiger partial charge in [0.1, 0.15) is 0 Å². The third-order valence-electron chi connectivity index (χ3n) is 3.04. The van der Waals surface area contributed by atoms with E-state index in [2.05, 4.69) is 13.8 Å². The van der Waals surface area contributed by atoms with Gasteiger partial charge in [-0.3, -0.25) is 4.79 Å². The van der Waals surface area contributed by atoms with Crippen LogP contribution in [0.4, 0.5) is 0 Å². The third-order valence-corrected chi connectivity index (χ3v) is 4.95. The fourth-order valence-electron chi connectivity index (χ4n) is 1.68. The molecule has 1 atom stereocenters. The molecular formula is C14H23ClMgO4. The summed E-state index contributed by atoms with van der Waals surface area (Å²) in [6, 6.07) is 0. The van der Waals surface area contributed by atoms with Gasteiger partial charge >= 0.3 is 32.3 Å². The van der Waals surface area contributed by atoms with E-state index in [1.54, 1.807) is 4.55 Å². The molecule has 1 aliphatic rings. The van der Waals surface area contributed by atoms with E-state index in [4.69, 9.17) is 10.2 Å².